The SMILES string of the molecule is O=C(NC1CCSc2ccc(Cl)cc21)c1ccc(F)cc1Cl. The summed E-state index contributed by atoms with van der Waals surface area (Å²) in [7, 11) is 0. The van der Waals surface area contributed by atoms with Crippen LogP contribution in [0, 0.1) is 5.82 Å². The summed E-state index contributed by atoms with van der Waals surface area (Å²) in [6.07, 6.45) is 0.808. The molecule has 22 heavy (non-hydrogen) atoms. The van der Waals surface area contributed by atoms with E-state index in [2.05, 4.69) is 5.32 Å². The first-order valence-electron chi connectivity index (χ1n) is 6.73. The molecule has 0 fully saturated rings. The second kappa shape index (κ2) is 6.49. The molecule has 0 bridgehead atoms. The van der Waals surface area contributed by atoms with Crippen molar-refractivity contribution in [3.05, 3.63) is 63.4 Å². The number of carbonyl (C=O) groups excluding carboxylic acids is 1. The number of hydrogen-bond donors (Lipinski definition) is 1. The molecule has 0 radical (unpaired) electrons. The summed E-state index contributed by atoms with van der Waals surface area (Å²) in [5, 5.41) is 3.71. The Bertz CT molecular complexity index is 738. The van der Waals surface area contributed by atoms with Gasteiger partial charge in [0.1, 0.15) is 5.82 Å². The Balaban J connectivity index is 1.85. The molecule has 1 unspecified atom stereocenters. The zero-order chi connectivity index (χ0) is 15.7. The molecule has 1 N–H and O–H groups in total. The summed E-state index contributed by atoms with van der Waals surface area (Å²) in [6, 6.07) is 9.31. The molecule has 2 nitrogen and oxygen atoms in total. The maximum Gasteiger partial charge on any atom is 0.253 e. The molecule has 0 aromatic heterocycles. The number of hydrogen-bond acceptors (Lipinski definition) is 2. The minimum Gasteiger partial charge on any atom is -0.345 e. The summed E-state index contributed by atoms with van der Waals surface area (Å²) >= 11 is 13.7. The third-order valence-electron chi connectivity index (χ3n) is 3.49. The van der Waals surface area contributed by atoms with Crippen molar-refractivity contribution in [3.8, 4) is 0 Å². The van der Waals surface area contributed by atoms with Crippen molar-refractivity contribution in [3.63, 3.8) is 0 Å². The van der Waals surface area contributed by atoms with Crippen LogP contribution in [0.5, 0.6) is 0 Å². The Morgan fingerprint density at radius 2 is 2.05 bits per heavy atom. The van der Waals surface area contributed by atoms with Crippen LogP contribution in [0.1, 0.15) is 28.4 Å². The van der Waals surface area contributed by atoms with Crippen molar-refractivity contribution in [1.29, 1.82) is 0 Å². The third-order valence-corrected chi connectivity index (χ3v) is 5.16. The van der Waals surface area contributed by atoms with Crippen molar-refractivity contribution in [2.75, 3.05) is 5.75 Å². The average molecular weight is 356 g/mol. The fourth-order valence-electron chi connectivity index (χ4n) is 2.42. The van der Waals surface area contributed by atoms with Gasteiger partial charge in [-0.1, -0.05) is 23.2 Å². The maximum atomic E-state index is 13.1. The molecule has 0 saturated carbocycles. The molecule has 114 valence electrons. The first-order valence-corrected chi connectivity index (χ1v) is 8.47. The fourth-order valence-corrected chi connectivity index (χ4v) is 3.96. The van der Waals surface area contributed by atoms with Crippen LogP contribution in [0.25, 0.3) is 0 Å². The Morgan fingerprint density at radius 1 is 1.23 bits per heavy atom. The number of benzene rings is 2. The topological polar surface area (TPSA) is 29.1 Å². The van der Waals surface area contributed by atoms with E-state index >= 15 is 0 Å². The average Bonchev–Trinajstić information content (AvgIpc) is 2.47. The highest BCUT2D eigenvalue weighted by Gasteiger charge is 2.24. The van der Waals surface area contributed by atoms with Crippen molar-refractivity contribution in [2.24, 2.45) is 0 Å². The Labute approximate surface area is 142 Å². The second-order valence-electron chi connectivity index (χ2n) is 4.97. The van der Waals surface area contributed by atoms with Crippen molar-refractivity contribution < 1.29 is 9.18 Å². The van der Waals surface area contributed by atoms with E-state index in [0.717, 1.165) is 28.7 Å². The van der Waals surface area contributed by atoms with E-state index in [1.165, 1.54) is 12.1 Å². The van der Waals surface area contributed by atoms with Crippen LogP contribution in [0.2, 0.25) is 10.0 Å². The van der Waals surface area contributed by atoms with Gasteiger partial charge in [0.2, 0.25) is 0 Å². The standard InChI is InChI=1S/C16H12Cl2FNOS/c17-9-1-4-15-12(7-9)14(5-6-22-15)20-16(21)11-3-2-10(19)8-13(11)18/h1-4,7-8,14H,5-6H2,(H,20,21). The summed E-state index contributed by atoms with van der Waals surface area (Å²) in [6.45, 7) is 0. The van der Waals surface area contributed by atoms with E-state index in [-0.39, 0.29) is 22.5 Å². The summed E-state index contributed by atoms with van der Waals surface area (Å²) in [5.41, 5.74) is 1.28. The van der Waals surface area contributed by atoms with Gasteiger partial charge < -0.3 is 5.32 Å². The Kier molecular flexibility index (Phi) is 4.62. The summed E-state index contributed by atoms with van der Waals surface area (Å²) in [4.78, 5) is 13.5. The van der Waals surface area contributed by atoms with E-state index in [1.54, 1.807) is 11.8 Å². The predicted molar refractivity (Wildman–Crippen MR) is 88.4 cm³/mol. The largest absolute Gasteiger partial charge is 0.345 e. The van der Waals surface area contributed by atoms with Crippen molar-refractivity contribution in [1.82, 2.24) is 5.32 Å². The number of fused-ring (bicyclic) bond motifs is 1. The van der Waals surface area contributed by atoms with Gasteiger partial charge in [0.25, 0.3) is 5.91 Å². The molecule has 0 saturated heterocycles. The van der Waals surface area contributed by atoms with Gasteiger partial charge in [-0.15, -0.1) is 11.8 Å². The minimum atomic E-state index is -0.465. The highest BCUT2D eigenvalue weighted by molar-refractivity contribution is 7.99. The van der Waals surface area contributed by atoms with Crippen LogP contribution in [0.15, 0.2) is 41.3 Å². The van der Waals surface area contributed by atoms with Gasteiger partial charge in [-0.25, -0.2) is 4.39 Å². The Morgan fingerprint density at radius 3 is 2.82 bits per heavy atom. The second-order valence-corrected chi connectivity index (χ2v) is 6.95. The molecular weight excluding hydrogens is 344 g/mol. The zero-order valence-corrected chi connectivity index (χ0v) is 13.7. The van der Waals surface area contributed by atoms with Crippen molar-refractivity contribution >= 4 is 40.9 Å². The van der Waals surface area contributed by atoms with E-state index in [1.807, 2.05) is 18.2 Å². The van der Waals surface area contributed by atoms with Crippen LogP contribution in [-0.4, -0.2) is 11.7 Å². The van der Waals surface area contributed by atoms with Crippen molar-refractivity contribution in [2.45, 2.75) is 17.4 Å². The van der Waals surface area contributed by atoms with Crippen LogP contribution in [0.3, 0.4) is 0 Å². The number of rotatable bonds is 2. The van der Waals surface area contributed by atoms with Gasteiger partial charge in [-0.2, -0.15) is 0 Å². The highest BCUT2D eigenvalue weighted by atomic mass is 35.5. The molecule has 1 aliphatic rings. The summed E-state index contributed by atoms with van der Waals surface area (Å²) in [5.74, 6) is 0.136. The van der Waals surface area contributed by atoms with Gasteiger partial charge in [0.05, 0.1) is 16.6 Å². The fraction of sp³-hybridized carbons (Fsp3) is 0.188. The molecule has 6 heteroatoms. The van der Waals surface area contributed by atoms with Gasteiger partial charge in [-0.05, 0) is 48.4 Å². The quantitative estimate of drug-likeness (QED) is 0.811. The number of thioether (sulfide) groups is 1. The van der Waals surface area contributed by atoms with E-state index in [4.69, 9.17) is 23.2 Å². The lowest BCUT2D eigenvalue weighted by molar-refractivity contribution is 0.0935. The molecule has 2 aromatic carbocycles. The lowest BCUT2D eigenvalue weighted by Gasteiger charge is -2.26. The zero-order valence-electron chi connectivity index (χ0n) is 11.4. The summed E-state index contributed by atoms with van der Waals surface area (Å²) < 4.78 is 13.1. The predicted octanol–water partition coefficient (Wildman–Crippen LogP) is 5.10. The van der Waals surface area contributed by atoms with Gasteiger partial charge >= 0.3 is 0 Å². The molecule has 1 atom stereocenters. The van der Waals surface area contributed by atoms with E-state index in [0.29, 0.717) is 5.02 Å². The molecule has 2 aromatic rings. The van der Waals surface area contributed by atoms with E-state index < -0.39 is 5.82 Å². The molecule has 0 aliphatic carbocycles. The van der Waals surface area contributed by atoms with E-state index in [9.17, 15) is 9.18 Å². The molecule has 1 heterocycles. The van der Waals surface area contributed by atoms with Crippen LogP contribution in [0.4, 0.5) is 4.39 Å². The van der Waals surface area contributed by atoms with Gasteiger partial charge in [0, 0.05) is 15.7 Å². The Hall–Kier alpha value is -1.23. The lowest BCUT2D eigenvalue weighted by atomic mass is 10.0. The molecule has 0 spiro atoms. The minimum absolute atomic E-state index is 0.106. The normalized spacial score (nSPS) is 17.0. The lowest BCUT2D eigenvalue weighted by Crippen LogP contribution is -2.30. The molecular formula is C16H12Cl2FNOS. The van der Waals surface area contributed by atoms with Crippen LogP contribution >= 0.6 is 35.0 Å². The smallest absolute Gasteiger partial charge is 0.253 e. The monoisotopic (exact) mass is 355 g/mol. The molecule has 3 rings (SSSR count). The number of carbonyl (C=O) groups is 1. The van der Waals surface area contributed by atoms with Crippen LogP contribution in [-0.2, 0) is 0 Å². The number of amides is 1. The van der Waals surface area contributed by atoms with Gasteiger partial charge in [0.15, 0.2) is 0 Å². The van der Waals surface area contributed by atoms with Gasteiger partial charge in [-0.3, -0.25) is 4.79 Å². The van der Waals surface area contributed by atoms with Crippen LogP contribution < -0.4 is 5.32 Å². The third kappa shape index (κ3) is 3.24. The first kappa shape index (κ1) is 15.7. The molecule has 1 aliphatic heterocycles. The first-order chi connectivity index (χ1) is 10.5. The maximum absolute atomic E-state index is 13.1. The number of halogens is 3. The highest BCUT2D eigenvalue weighted by Crippen LogP contribution is 2.37. The molecule has 1 amide bonds. The number of nitrogens with one attached hydrogen (secondary N) is 1.